The Morgan fingerprint density at radius 2 is 2.00 bits per heavy atom. The van der Waals surface area contributed by atoms with Crippen LogP contribution in [0.3, 0.4) is 0 Å². The summed E-state index contributed by atoms with van der Waals surface area (Å²) in [5.41, 5.74) is 2.31. The highest BCUT2D eigenvalue weighted by Crippen LogP contribution is 2.28. The van der Waals surface area contributed by atoms with E-state index in [-0.39, 0.29) is 0 Å². The maximum Gasteiger partial charge on any atom is 0.128 e. The van der Waals surface area contributed by atoms with Gasteiger partial charge in [0.15, 0.2) is 0 Å². The molecule has 1 aliphatic rings. The number of rotatable bonds is 6. The van der Waals surface area contributed by atoms with Gasteiger partial charge in [0.05, 0.1) is 12.2 Å². The summed E-state index contributed by atoms with van der Waals surface area (Å²) in [4.78, 5) is 18.4. The van der Waals surface area contributed by atoms with Crippen LogP contribution in [-0.2, 0) is 13.1 Å². The second-order valence-corrected chi connectivity index (χ2v) is 7.78. The van der Waals surface area contributed by atoms with Crippen LogP contribution in [0.5, 0.6) is 0 Å². The summed E-state index contributed by atoms with van der Waals surface area (Å²) in [5.74, 6) is 2.63. The van der Waals surface area contributed by atoms with Gasteiger partial charge in [-0.1, -0.05) is 12.1 Å². The summed E-state index contributed by atoms with van der Waals surface area (Å²) in [6.45, 7) is 3.70. The molecule has 3 aromatic heterocycles. The third kappa shape index (κ3) is 4.39. The van der Waals surface area contributed by atoms with E-state index in [2.05, 4.69) is 57.8 Å². The normalized spacial score (nSPS) is 17.2. The van der Waals surface area contributed by atoms with Gasteiger partial charge in [0, 0.05) is 50.3 Å². The fourth-order valence-corrected chi connectivity index (χ4v) is 3.94. The second kappa shape index (κ2) is 8.52. The Balaban J connectivity index is 1.46. The van der Waals surface area contributed by atoms with E-state index in [9.17, 15) is 0 Å². The minimum atomic E-state index is 0.413. The zero-order valence-corrected chi connectivity index (χ0v) is 16.7. The molecule has 0 aliphatic carbocycles. The van der Waals surface area contributed by atoms with Gasteiger partial charge in [0.25, 0.3) is 0 Å². The minimum absolute atomic E-state index is 0.413. The van der Waals surface area contributed by atoms with Crippen molar-refractivity contribution in [3.05, 3.63) is 72.2 Å². The van der Waals surface area contributed by atoms with Crippen LogP contribution in [0.1, 0.15) is 35.8 Å². The number of nitrogens with zero attached hydrogens (tertiary/aromatic N) is 6. The average Bonchev–Trinajstić information content (AvgIpc) is 3.17. The molecule has 1 unspecified atom stereocenters. The van der Waals surface area contributed by atoms with E-state index in [4.69, 9.17) is 9.97 Å². The summed E-state index contributed by atoms with van der Waals surface area (Å²) in [6, 6.07) is 10.4. The lowest BCUT2D eigenvalue weighted by molar-refractivity contribution is 0.402. The van der Waals surface area contributed by atoms with Crippen molar-refractivity contribution in [3.8, 4) is 0 Å². The Labute approximate surface area is 166 Å². The van der Waals surface area contributed by atoms with Crippen LogP contribution in [0, 0.1) is 0 Å². The van der Waals surface area contributed by atoms with E-state index in [0.717, 1.165) is 56.4 Å². The average molecular weight is 377 g/mol. The molecule has 146 valence electrons. The number of imidazole rings is 1. The van der Waals surface area contributed by atoms with E-state index >= 15 is 0 Å². The van der Waals surface area contributed by atoms with Crippen molar-refractivity contribution in [2.75, 3.05) is 32.1 Å². The number of piperidine rings is 1. The highest BCUT2D eigenvalue weighted by atomic mass is 15.2. The Morgan fingerprint density at radius 3 is 2.75 bits per heavy atom. The third-order valence-electron chi connectivity index (χ3n) is 5.22. The fraction of sp³-hybridized carbons (Fsp3) is 0.409. The molecule has 1 fully saturated rings. The molecule has 0 aromatic carbocycles. The molecule has 6 heteroatoms. The van der Waals surface area contributed by atoms with E-state index in [0.29, 0.717) is 5.92 Å². The zero-order chi connectivity index (χ0) is 19.3. The molecule has 4 heterocycles. The molecule has 0 radical (unpaired) electrons. The summed E-state index contributed by atoms with van der Waals surface area (Å²) in [7, 11) is 4.16. The highest BCUT2D eigenvalue weighted by Gasteiger charge is 2.25. The van der Waals surface area contributed by atoms with Crippen molar-refractivity contribution in [1.29, 1.82) is 0 Å². The minimum Gasteiger partial charge on any atom is -0.356 e. The SMILES string of the molecule is CN(C)Cc1ccc(N2CCCC(c3nccn3Cc3ccccn3)C2)nc1. The van der Waals surface area contributed by atoms with Crippen molar-refractivity contribution in [2.45, 2.75) is 31.8 Å². The van der Waals surface area contributed by atoms with E-state index in [1.807, 2.05) is 30.7 Å². The molecule has 4 rings (SSSR count). The maximum atomic E-state index is 4.72. The predicted octanol–water partition coefficient (Wildman–Crippen LogP) is 3.17. The van der Waals surface area contributed by atoms with E-state index in [1.165, 1.54) is 5.56 Å². The summed E-state index contributed by atoms with van der Waals surface area (Å²) < 4.78 is 2.24. The first-order valence-electron chi connectivity index (χ1n) is 9.94. The van der Waals surface area contributed by atoms with Gasteiger partial charge in [-0.2, -0.15) is 0 Å². The number of aromatic nitrogens is 4. The zero-order valence-electron chi connectivity index (χ0n) is 16.7. The van der Waals surface area contributed by atoms with Gasteiger partial charge in [-0.25, -0.2) is 9.97 Å². The third-order valence-corrected chi connectivity index (χ3v) is 5.22. The Morgan fingerprint density at radius 1 is 1.07 bits per heavy atom. The summed E-state index contributed by atoms with van der Waals surface area (Å²) in [6.07, 6.45) is 10.1. The lowest BCUT2D eigenvalue weighted by Gasteiger charge is -2.33. The van der Waals surface area contributed by atoms with Gasteiger partial charge in [0.2, 0.25) is 0 Å². The van der Waals surface area contributed by atoms with Crippen LogP contribution in [0.2, 0.25) is 0 Å². The van der Waals surface area contributed by atoms with Crippen molar-refractivity contribution in [3.63, 3.8) is 0 Å². The molecule has 0 bridgehead atoms. The van der Waals surface area contributed by atoms with Crippen LogP contribution in [0.4, 0.5) is 5.82 Å². The molecule has 1 saturated heterocycles. The first-order chi connectivity index (χ1) is 13.7. The number of anilines is 1. The van der Waals surface area contributed by atoms with Crippen molar-refractivity contribution in [2.24, 2.45) is 0 Å². The van der Waals surface area contributed by atoms with Crippen molar-refractivity contribution in [1.82, 2.24) is 24.4 Å². The first kappa shape index (κ1) is 18.6. The molecule has 0 spiro atoms. The smallest absolute Gasteiger partial charge is 0.128 e. The Kier molecular flexibility index (Phi) is 5.67. The van der Waals surface area contributed by atoms with Crippen LogP contribution in [-0.4, -0.2) is 51.6 Å². The Hall–Kier alpha value is -2.73. The van der Waals surface area contributed by atoms with Crippen LogP contribution in [0.25, 0.3) is 0 Å². The fourth-order valence-electron chi connectivity index (χ4n) is 3.94. The largest absolute Gasteiger partial charge is 0.356 e. The van der Waals surface area contributed by atoms with Gasteiger partial charge in [-0.15, -0.1) is 0 Å². The van der Waals surface area contributed by atoms with Gasteiger partial charge >= 0.3 is 0 Å². The summed E-state index contributed by atoms with van der Waals surface area (Å²) in [5, 5.41) is 0. The monoisotopic (exact) mass is 376 g/mol. The topological polar surface area (TPSA) is 50.1 Å². The molecule has 3 aromatic rings. The molecular formula is C22H28N6. The Bertz CT molecular complexity index is 872. The van der Waals surface area contributed by atoms with Gasteiger partial charge in [-0.3, -0.25) is 4.98 Å². The second-order valence-electron chi connectivity index (χ2n) is 7.78. The lowest BCUT2D eigenvalue weighted by Crippen LogP contribution is -2.36. The van der Waals surface area contributed by atoms with Gasteiger partial charge < -0.3 is 14.4 Å². The number of hydrogen-bond donors (Lipinski definition) is 0. The summed E-state index contributed by atoms with van der Waals surface area (Å²) >= 11 is 0. The quantitative estimate of drug-likeness (QED) is 0.661. The van der Waals surface area contributed by atoms with Crippen molar-refractivity contribution >= 4 is 5.82 Å². The van der Waals surface area contributed by atoms with E-state index < -0.39 is 0 Å². The van der Waals surface area contributed by atoms with Crippen LogP contribution < -0.4 is 4.90 Å². The van der Waals surface area contributed by atoms with Crippen LogP contribution in [0.15, 0.2) is 55.1 Å². The molecule has 28 heavy (non-hydrogen) atoms. The van der Waals surface area contributed by atoms with Gasteiger partial charge in [0.1, 0.15) is 11.6 Å². The predicted molar refractivity (Wildman–Crippen MR) is 111 cm³/mol. The van der Waals surface area contributed by atoms with Crippen LogP contribution >= 0.6 is 0 Å². The van der Waals surface area contributed by atoms with E-state index in [1.54, 1.807) is 0 Å². The lowest BCUT2D eigenvalue weighted by atomic mass is 9.97. The molecular weight excluding hydrogens is 348 g/mol. The standard InChI is InChI=1S/C22H28N6/c1-26(2)15-18-8-9-21(25-14-18)27-12-5-6-19(16-27)22-24-11-13-28(22)17-20-7-3-4-10-23-20/h3-4,7-11,13-14,19H,5-6,12,15-17H2,1-2H3. The highest BCUT2D eigenvalue weighted by molar-refractivity contribution is 5.40. The number of hydrogen-bond acceptors (Lipinski definition) is 5. The number of pyridine rings is 2. The molecule has 0 saturated carbocycles. The molecule has 0 amide bonds. The van der Waals surface area contributed by atoms with Crippen molar-refractivity contribution < 1.29 is 0 Å². The van der Waals surface area contributed by atoms with Gasteiger partial charge in [-0.05, 0) is 50.7 Å². The molecule has 1 atom stereocenters. The maximum absolute atomic E-state index is 4.72. The molecule has 0 N–H and O–H groups in total. The first-order valence-corrected chi connectivity index (χ1v) is 9.94. The molecule has 6 nitrogen and oxygen atoms in total. The molecule has 1 aliphatic heterocycles.